The Bertz CT molecular complexity index is 3140. The molecule has 18 atom stereocenters. The Balaban J connectivity index is 1.04. The van der Waals surface area contributed by atoms with Crippen molar-refractivity contribution in [3.05, 3.63) is 108 Å². The van der Waals surface area contributed by atoms with Gasteiger partial charge in [-0.1, -0.05) is 87.4 Å². The minimum absolute atomic E-state index is 0.0353. The second kappa shape index (κ2) is 31.1. The molecule has 4 aromatic carbocycles. The first-order valence-corrected chi connectivity index (χ1v) is 30.6. The summed E-state index contributed by atoms with van der Waals surface area (Å²) in [6.45, 7) is 4.39. The summed E-state index contributed by atoms with van der Waals surface area (Å²) in [6.07, 6.45) is -16.3. The molecule has 7 amide bonds. The molecule has 0 bridgehead atoms. The van der Waals surface area contributed by atoms with Crippen LogP contribution in [0.2, 0.25) is 0 Å². The molecule has 27 nitrogen and oxygen atoms in total. The van der Waals surface area contributed by atoms with Gasteiger partial charge in [0.05, 0.1) is 49.8 Å². The molecule has 4 aliphatic heterocycles. The molecule has 4 heterocycles. The van der Waals surface area contributed by atoms with Crippen LogP contribution in [-0.2, 0) is 39.9 Å². The van der Waals surface area contributed by atoms with Crippen LogP contribution in [0.25, 0.3) is 22.3 Å². The quantitative estimate of drug-likeness (QED) is 0.0496. The number of nitrogens with one attached hydrogen (secondary N) is 5. The molecule has 13 unspecified atom stereocenters. The number of carbonyl (C=O) groups excluding carboxylic acids is 7. The van der Waals surface area contributed by atoms with E-state index in [4.69, 9.17) is 14.2 Å². The van der Waals surface area contributed by atoms with Crippen molar-refractivity contribution in [2.75, 3.05) is 32.8 Å². The molecule has 0 spiro atoms. The van der Waals surface area contributed by atoms with Crippen LogP contribution < -0.4 is 36.1 Å². The molecule has 4 aromatic rings. The summed E-state index contributed by atoms with van der Waals surface area (Å²) in [7, 11) is 0. The summed E-state index contributed by atoms with van der Waals surface area (Å²) in [4.78, 5) is 103. The molecule has 0 radical (unpaired) electrons. The lowest BCUT2D eigenvalue weighted by atomic mass is 9.99. The Morgan fingerprint density at radius 1 is 0.626 bits per heavy atom. The summed E-state index contributed by atoms with van der Waals surface area (Å²) in [5.74, 6) is -7.52. The molecule has 15 N–H and O–H groups in total. The standard InChI is InChI=1S/C64H83N7O20/c1-5-6-7-24-89-43-22-18-39(19-23-43)37-12-10-36(11-13-37)38-14-16-40(17-15-38)57(82)66-45-26-41(75)28-65-61(86)52-53(78)32(2)29-71(52)63(88)50(34(4)74)68-60(85)51(69-59(84)46-27-42(76)30-70(46)62(87)49(33(3)73)67-58(45)83)47(77)25-35-8-20-44(21-9-35)90-64-56(81)55(80)54(79)48(31-72)91-64/h8-23,32-34,41-42,45-56,64,72-81H,5-7,24-31H2,1-4H3,(H,65,86)(H,66,82)(H,67,83)(H,68,85)(H,69,84)/t32?,33?,34?,41?,42?,45?,46?,47?,48-,49?,50?,51?,52?,53?,54-,55+,56-,64-/m0/s1. The zero-order valence-electron chi connectivity index (χ0n) is 50.9. The van der Waals surface area contributed by atoms with Crippen LogP contribution in [0.5, 0.6) is 11.5 Å². The van der Waals surface area contributed by atoms with Gasteiger partial charge in [-0.05, 0) is 84.5 Å². The monoisotopic (exact) mass is 1270 g/mol. The fraction of sp³-hybridized carbons (Fsp3) is 0.516. The van der Waals surface area contributed by atoms with Gasteiger partial charge >= 0.3 is 0 Å². The molecule has 494 valence electrons. The first kappa shape index (κ1) is 69.2. The first-order valence-electron chi connectivity index (χ1n) is 30.6. The molecule has 8 rings (SSSR count). The second-order valence-electron chi connectivity index (χ2n) is 23.9. The lowest BCUT2D eigenvalue weighted by Gasteiger charge is -2.39. The number of ether oxygens (including phenoxy) is 3. The predicted molar refractivity (Wildman–Crippen MR) is 324 cm³/mol. The van der Waals surface area contributed by atoms with Crippen molar-refractivity contribution in [1.82, 2.24) is 36.4 Å². The number of unbranched alkanes of at least 4 members (excludes halogenated alkanes) is 2. The Morgan fingerprint density at radius 2 is 1.18 bits per heavy atom. The third kappa shape index (κ3) is 16.9. The highest BCUT2D eigenvalue weighted by Crippen LogP contribution is 2.30. The van der Waals surface area contributed by atoms with Crippen LogP contribution in [0.15, 0.2) is 97.1 Å². The van der Waals surface area contributed by atoms with Crippen LogP contribution in [0.4, 0.5) is 0 Å². The van der Waals surface area contributed by atoms with Gasteiger partial charge in [0.2, 0.25) is 41.7 Å². The van der Waals surface area contributed by atoms with Gasteiger partial charge in [-0.2, -0.15) is 0 Å². The number of carbonyl (C=O) groups is 7. The van der Waals surface area contributed by atoms with Crippen molar-refractivity contribution in [3.63, 3.8) is 0 Å². The fourth-order valence-electron chi connectivity index (χ4n) is 11.5. The number of aliphatic hydroxyl groups is 10. The summed E-state index contributed by atoms with van der Waals surface area (Å²) in [6, 6.07) is 16.5. The van der Waals surface area contributed by atoms with E-state index in [1.165, 1.54) is 43.3 Å². The van der Waals surface area contributed by atoms with Gasteiger partial charge < -0.3 is 102 Å². The largest absolute Gasteiger partial charge is 0.494 e. The highest BCUT2D eigenvalue weighted by molar-refractivity contribution is 6.00. The van der Waals surface area contributed by atoms with E-state index < -0.39 is 190 Å². The molecule has 4 aliphatic rings. The number of hydrogen-bond acceptors (Lipinski definition) is 20. The fourth-order valence-corrected chi connectivity index (χ4v) is 11.5. The lowest BCUT2D eigenvalue weighted by molar-refractivity contribution is -0.277. The van der Waals surface area contributed by atoms with Gasteiger partial charge in [0, 0.05) is 50.4 Å². The maximum Gasteiger partial charge on any atom is 0.251 e. The maximum absolute atomic E-state index is 14.6. The Kier molecular flexibility index (Phi) is 23.7. The summed E-state index contributed by atoms with van der Waals surface area (Å²) in [5, 5.41) is 121. The average Bonchev–Trinajstić information content (AvgIpc) is 1.77. The second-order valence-corrected chi connectivity index (χ2v) is 23.9. The molecule has 4 fully saturated rings. The van der Waals surface area contributed by atoms with Gasteiger partial charge in [-0.3, -0.25) is 33.6 Å². The van der Waals surface area contributed by atoms with Crippen molar-refractivity contribution in [2.45, 2.75) is 170 Å². The maximum atomic E-state index is 14.6. The Labute approximate surface area is 525 Å². The van der Waals surface area contributed by atoms with E-state index in [1.807, 2.05) is 48.5 Å². The Hall–Kier alpha value is -7.67. The van der Waals surface area contributed by atoms with Crippen molar-refractivity contribution < 1.29 is 98.8 Å². The van der Waals surface area contributed by atoms with Gasteiger partial charge in [-0.25, -0.2) is 0 Å². The highest BCUT2D eigenvalue weighted by Gasteiger charge is 2.50. The summed E-state index contributed by atoms with van der Waals surface area (Å²) in [5.41, 5.74) is 3.85. The number of fused-ring (bicyclic) bond motifs is 2. The molecule has 0 aliphatic carbocycles. The zero-order chi connectivity index (χ0) is 66.0. The number of amides is 7. The van der Waals surface area contributed by atoms with Crippen LogP contribution in [0.3, 0.4) is 0 Å². The van der Waals surface area contributed by atoms with E-state index in [2.05, 4.69) is 33.5 Å². The van der Waals surface area contributed by atoms with Crippen LogP contribution >= 0.6 is 0 Å². The molecule has 0 saturated carbocycles. The van der Waals surface area contributed by atoms with E-state index >= 15 is 0 Å². The number of aliphatic hydroxyl groups excluding tert-OH is 10. The molecule has 0 aromatic heterocycles. The lowest BCUT2D eigenvalue weighted by Crippen LogP contribution is -2.64. The van der Waals surface area contributed by atoms with Crippen LogP contribution in [0, 0.1) is 5.92 Å². The van der Waals surface area contributed by atoms with Gasteiger partial charge in [0.25, 0.3) is 5.91 Å². The number of rotatable bonds is 17. The van der Waals surface area contributed by atoms with Crippen LogP contribution in [0.1, 0.15) is 75.7 Å². The van der Waals surface area contributed by atoms with E-state index in [9.17, 15) is 84.6 Å². The molecule has 27 heteroatoms. The average molecular weight is 1270 g/mol. The van der Waals surface area contributed by atoms with Crippen molar-refractivity contribution >= 4 is 41.4 Å². The van der Waals surface area contributed by atoms with Crippen molar-refractivity contribution in [3.8, 4) is 33.8 Å². The number of hydrogen-bond donors (Lipinski definition) is 15. The van der Waals surface area contributed by atoms with Gasteiger partial charge in [0.15, 0.2) is 0 Å². The van der Waals surface area contributed by atoms with Gasteiger partial charge in [-0.15, -0.1) is 0 Å². The van der Waals surface area contributed by atoms with E-state index in [0.29, 0.717) is 6.61 Å². The summed E-state index contributed by atoms with van der Waals surface area (Å²) >= 11 is 0. The van der Waals surface area contributed by atoms with E-state index in [-0.39, 0.29) is 23.4 Å². The third-order valence-electron chi connectivity index (χ3n) is 16.9. The number of nitrogens with zero attached hydrogens (tertiary/aromatic N) is 2. The summed E-state index contributed by atoms with van der Waals surface area (Å²) < 4.78 is 16.9. The minimum Gasteiger partial charge on any atom is -0.494 e. The molecular formula is C64H83N7O20. The molecule has 91 heavy (non-hydrogen) atoms. The molecular weight excluding hydrogens is 1190 g/mol. The van der Waals surface area contributed by atoms with Crippen LogP contribution in [-0.4, -0.2) is 239 Å². The van der Waals surface area contributed by atoms with Crippen molar-refractivity contribution in [1.29, 1.82) is 0 Å². The SMILES string of the molecule is CCCCCOc1ccc(-c2ccc(-c3ccc(C(=O)NC4CC(O)CNC(=O)C5C(O)C(C)CN5C(=O)C(C(C)O)NC(=O)C(C(O)Cc5ccc(O[C@H]6O[C@@H](CO)[C@H](O)[C@@H](O)[C@@H]6O)cc5)NC(=O)C5CC(O)CN5C(=O)C(C(C)O)NC4=O)cc3)cc2)cc1. The van der Waals surface area contributed by atoms with E-state index in [1.54, 1.807) is 12.1 Å². The van der Waals surface area contributed by atoms with Crippen molar-refractivity contribution in [2.24, 2.45) is 5.92 Å². The normalized spacial score (nSPS) is 29.9. The van der Waals surface area contributed by atoms with E-state index in [0.717, 1.165) is 70.9 Å². The topological polar surface area (TPSA) is 416 Å². The first-order chi connectivity index (χ1) is 43.4. The smallest absolute Gasteiger partial charge is 0.251 e. The molecule has 4 saturated heterocycles. The minimum atomic E-state index is -2.05. The Morgan fingerprint density at radius 3 is 1.76 bits per heavy atom. The zero-order valence-corrected chi connectivity index (χ0v) is 50.9. The predicted octanol–water partition coefficient (Wildman–Crippen LogP) is -2.26. The highest BCUT2D eigenvalue weighted by atomic mass is 16.7. The number of benzene rings is 4. The number of β-amino-alcohol motifs (C(OH)–C–C–N with tert-alkyl or cyclic N) is 1. The third-order valence-corrected chi connectivity index (χ3v) is 16.9. The van der Waals surface area contributed by atoms with Gasteiger partial charge in [0.1, 0.15) is 72.2 Å².